The molecule has 1 atom stereocenters. The fourth-order valence-corrected chi connectivity index (χ4v) is 8.09. The van der Waals surface area contributed by atoms with E-state index in [1.165, 1.54) is 17.4 Å². The molecule has 6 aromatic rings. The molecule has 248 valence electrons. The average Bonchev–Trinajstić information content (AvgIpc) is 3.56. The predicted octanol–water partition coefficient (Wildman–Crippen LogP) is 6.72. The maximum absolute atomic E-state index is 14.8. The third-order valence-electron chi connectivity index (χ3n) is 9.57. The van der Waals surface area contributed by atoms with Gasteiger partial charge in [-0.1, -0.05) is 78.1 Å². The van der Waals surface area contributed by atoms with Gasteiger partial charge in [0.05, 0.1) is 29.5 Å². The van der Waals surface area contributed by atoms with Gasteiger partial charge in [0.1, 0.15) is 17.6 Å². The lowest BCUT2D eigenvalue weighted by atomic mass is 9.90. The molecular formula is C40H37FN4O3S. The van der Waals surface area contributed by atoms with E-state index in [1.54, 1.807) is 28.7 Å². The number of amides is 1. The first-order valence-corrected chi connectivity index (χ1v) is 17.3. The molecule has 7 nitrogen and oxygen atoms in total. The van der Waals surface area contributed by atoms with Crippen LogP contribution in [0.15, 0.2) is 106 Å². The lowest BCUT2D eigenvalue weighted by Gasteiger charge is -2.30. The highest BCUT2D eigenvalue weighted by molar-refractivity contribution is 7.07. The molecular weight excluding hydrogens is 636 g/mol. The summed E-state index contributed by atoms with van der Waals surface area (Å²) < 4.78 is 25.0. The van der Waals surface area contributed by atoms with Gasteiger partial charge in [-0.3, -0.25) is 14.2 Å². The Morgan fingerprint density at radius 2 is 1.65 bits per heavy atom. The van der Waals surface area contributed by atoms with Gasteiger partial charge in [0.2, 0.25) is 0 Å². The quantitative estimate of drug-likeness (QED) is 0.181. The minimum absolute atomic E-state index is 0.160. The molecule has 0 bridgehead atoms. The van der Waals surface area contributed by atoms with Gasteiger partial charge in [0.25, 0.3) is 11.5 Å². The highest BCUT2D eigenvalue weighted by Crippen LogP contribution is 2.40. The highest BCUT2D eigenvalue weighted by atomic mass is 32.1. The number of benzene rings is 4. The molecule has 2 aromatic heterocycles. The van der Waals surface area contributed by atoms with E-state index in [0.29, 0.717) is 51.6 Å². The zero-order valence-corrected chi connectivity index (χ0v) is 29.0. The van der Waals surface area contributed by atoms with Crippen molar-refractivity contribution >= 4 is 45.0 Å². The van der Waals surface area contributed by atoms with Crippen LogP contribution in [0.4, 0.5) is 4.39 Å². The lowest BCUT2D eigenvalue weighted by molar-refractivity contribution is -0.127. The number of para-hydroxylation sites is 1. The topological polar surface area (TPSA) is 68.8 Å². The Hall–Kier alpha value is -5.28. The Kier molecular flexibility index (Phi) is 8.54. The molecule has 1 aliphatic heterocycles. The Balaban J connectivity index is 1.49. The van der Waals surface area contributed by atoms with Gasteiger partial charge in [-0.2, -0.15) is 0 Å². The second kappa shape index (κ2) is 13.0. The van der Waals surface area contributed by atoms with Crippen molar-refractivity contribution in [1.82, 2.24) is 14.0 Å². The number of hydrogen-bond donors (Lipinski definition) is 0. The highest BCUT2D eigenvalue weighted by Gasteiger charge is 2.36. The van der Waals surface area contributed by atoms with Crippen LogP contribution < -0.4 is 19.6 Å². The molecule has 3 heterocycles. The third-order valence-corrected chi connectivity index (χ3v) is 10.6. The van der Waals surface area contributed by atoms with Crippen molar-refractivity contribution in [3.8, 4) is 5.75 Å². The number of carbonyl (C=O) groups is 1. The number of rotatable bonds is 8. The lowest BCUT2D eigenvalue weighted by Crippen LogP contribution is -2.43. The van der Waals surface area contributed by atoms with Crippen LogP contribution >= 0.6 is 11.3 Å². The summed E-state index contributed by atoms with van der Waals surface area (Å²) in [6.45, 7) is 9.14. The Bertz CT molecular complexity index is 2490. The Morgan fingerprint density at radius 1 is 0.959 bits per heavy atom. The second-order valence-electron chi connectivity index (χ2n) is 12.2. The first kappa shape index (κ1) is 32.3. The number of halogens is 1. The summed E-state index contributed by atoms with van der Waals surface area (Å²) in [5, 5.41) is 2.83. The molecule has 7 rings (SSSR count). The first-order valence-electron chi connectivity index (χ1n) is 16.5. The van der Waals surface area contributed by atoms with E-state index >= 15 is 0 Å². The maximum atomic E-state index is 14.8. The fraction of sp³-hybridized carbons (Fsp3) is 0.225. The molecule has 0 spiro atoms. The zero-order valence-electron chi connectivity index (χ0n) is 28.2. The number of carbonyl (C=O) groups excluding carboxylic acids is 1. The number of thiazole rings is 1. The Morgan fingerprint density at radius 3 is 2.39 bits per heavy atom. The van der Waals surface area contributed by atoms with Gasteiger partial charge in [0.15, 0.2) is 4.80 Å². The largest absolute Gasteiger partial charge is 0.496 e. The molecule has 0 saturated heterocycles. The maximum Gasteiger partial charge on any atom is 0.271 e. The number of fused-ring (bicyclic) bond motifs is 3. The number of ether oxygens (including phenoxy) is 1. The third kappa shape index (κ3) is 5.38. The molecule has 4 aromatic carbocycles. The first-order chi connectivity index (χ1) is 23.8. The monoisotopic (exact) mass is 672 g/mol. The molecule has 49 heavy (non-hydrogen) atoms. The van der Waals surface area contributed by atoms with E-state index in [0.717, 1.165) is 38.5 Å². The van der Waals surface area contributed by atoms with Crippen molar-refractivity contribution in [2.24, 2.45) is 4.99 Å². The van der Waals surface area contributed by atoms with E-state index in [4.69, 9.17) is 9.73 Å². The van der Waals surface area contributed by atoms with Crippen molar-refractivity contribution in [3.05, 3.63) is 144 Å². The molecule has 0 fully saturated rings. The van der Waals surface area contributed by atoms with E-state index in [9.17, 15) is 14.0 Å². The summed E-state index contributed by atoms with van der Waals surface area (Å²) in [7, 11) is 1.61. The number of methoxy groups -OCH3 is 1. The van der Waals surface area contributed by atoms with Crippen molar-refractivity contribution < 1.29 is 13.9 Å². The minimum atomic E-state index is -0.768. The molecule has 9 heteroatoms. The zero-order chi connectivity index (χ0) is 34.4. The van der Waals surface area contributed by atoms with Crippen LogP contribution in [-0.4, -0.2) is 40.1 Å². The number of hydrogen-bond acceptors (Lipinski definition) is 5. The standard InChI is InChI=1S/C40H37FN4O3S/c1-6-43(7-2)39(47)35-24(3)42-40-45(37(35)36-28-16-10-8-14-26(28)20-21-33(36)48-5)38(46)34(49-40)22-30-25(4)44(32-19-13-11-17-29(30)32)23-27-15-9-12-18-31(27)41/h8-22,37H,6-7,23H2,1-5H3/b34-22+/t37-/m0/s1. The van der Waals surface area contributed by atoms with Gasteiger partial charge in [0, 0.05) is 46.4 Å². The van der Waals surface area contributed by atoms with Crippen molar-refractivity contribution in [1.29, 1.82) is 0 Å². The second-order valence-corrected chi connectivity index (χ2v) is 13.2. The van der Waals surface area contributed by atoms with Crippen LogP contribution in [0.25, 0.3) is 27.8 Å². The molecule has 1 aliphatic rings. The summed E-state index contributed by atoms with van der Waals surface area (Å²) in [6, 6.07) is 25.8. The van der Waals surface area contributed by atoms with Gasteiger partial charge < -0.3 is 14.2 Å². The van der Waals surface area contributed by atoms with Crippen LogP contribution in [0.2, 0.25) is 0 Å². The summed E-state index contributed by atoms with van der Waals surface area (Å²) in [6.07, 6.45) is 1.92. The van der Waals surface area contributed by atoms with Crippen LogP contribution in [0.5, 0.6) is 5.75 Å². The number of allylic oxidation sites excluding steroid dienone is 1. The van der Waals surface area contributed by atoms with Crippen molar-refractivity contribution in [2.45, 2.75) is 40.3 Å². The van der Waals surface area contributed by atoms with Crippen molar-refractivity contribution in [3.63, 3.8) is 0 Å². The number of aromatic nitrogens is 2. The SMILES string of the molecule is CCN(CC)C(=O)C1=C(C)N=c2s/c(=C/c3c(C)n(Cc4ccccc4F)c4ccccc34)c(=O)n2[C@@H]1c1c(OC)ccc2ccccc12. The van der Waals surface area contributed by atoms with E-state index in [1.807, 2.05) is 101 Å². The van der Waals surface area contributed by atoms with Gasteiger partial charge in [-0.25, -0.2) is 9.38 Å². The number of likely N-dealkylation sites (N-methyl/N-ethyl adjacent to an activating group) is 1. The summed E-state index contributed by atoms with van der Waals surface area (Å²) in [5.74, 6) is 0.168. The minimum Gasteiger partial charge on any atom is -0.496 e. The van der Waals surface area contributed by atoms with Crippen molar-refractivity contribution in [2.75, 3.05) is 20.2 Å². The van der Waals surface area contributed by atoms with E-state index in [-0.39, 0.29) is 17.3 Å². The molecule has 0 aliphatic carbocycles. The van der Waals surface area contributed by atoms with Gasteiger partial charge in [-0.15, -0.1) is 0 Å². The van der Waals surface area contributed by atoms with E-state index < -0.39 is 6.04 Å². The predicted molar refractivity (Wildman–Crippen MR) is 194 cm³/mol. The number of nitrogens with zero attached hydrogens (tertiary/aromatic N) is 4. The van der Waals surface area contributed by atoms with Crippen LogP contribution in [-0.2, 0) is 11.3 Å². The Labute approximate surface area is 287 Å². The fourth-order valence-electron chi connectivity index (χ4n) is 7.06. The average molecular weight is 673 g/mol. The molecule has 0 radical (unpaired) electrons. The normalized spacial score (nSPS) is 14.7. The molecule has 1 amide bonds. The smallest absolute Gasteiger partial charge is 0.271 e. The molecule has 0 N–H and O–H groups in total. The molecule has 0 saturated carbocycles. The van der Waals surface area contributed by atoms with Gasteiger partial charge >= 0.3 is 0 Å². The van der Waals surface area contributed by atoms with Gasteiger partial charge in [-0.05, 0) is 62.7 Å². The molecule has 0 unspecified atom stereocenters. The van der Waals surface area contributed by atoms with Crippen LogP contribution in [0, 0.1) is 12.7 Å². The van der Waals surface area contributed by atoms with Crippen LogP contribution in [0.3, 0.4) is 0 Å². The summed E-state index contributed by atoms with van der Waals surface area (Å²) in [5.41, 5.74) is 4.85. The summed E-state index contributed by atoms with van der Waals surface area (Å²) in [4.78, 5) is 36.2. The van der Waals surface area contributed by atoms with Crippen LogP contribution in [0.1, 0.15) is 49.2 Å². The van der Waals surface area contributed by atoms with E-state index in [2.05, 4.69) is 4.57 Å². The summed E-state index contributed by atoms with van der Waals surface area (Å²) >= 11 is 1.30.